The minimum absolute atomic E-state index is 0.224. The second-order valence-corrected chi connectivity index (χ2v) is 6.31. The summed E-state index contributed by atoms with van der Waals surface area (Å²) < 4.78 is 0. The van der Waals surface area contributed by atoms with Crippen LogP contribution in [0, 0.1) is 13.8 Å². The van der Waals surface area contributed by atoms with Crippen LogP contribution in [0.2, 0.25) is 0 Å². The lowest BCUT2D eigenvalue weighted by Crippen LogP contribution is -2.47. The summed E-state index contributed by atoms with van der Waals surface area (Å²) in [4.78, 5) is 4.66. The van der Waals surface area contributed by atoms with Gasteiger partial charge < -0.3 is 10.0 Å². The van der Waals surface area contributed by atoms with Gasteiger partial charge in [0.1, 0.15) is 0 Å². The smallest absolute Gasteiger partial charge is 0.0748 e. The van der Waals surface area contributed by atoms with Crippen molar-refractivity contribution in [2.75, 3.05) is 33.7 Å². The predicted molar refractivity (Wildman–Crippen MR) is 84.2 cm³/mol. The Balaban J connectivity index is 2.12. The van der Waals surface area contributed by atoms with E-state index in [2.05, 4.69) is 55.9 Å². The normalized spacial score (nSPS) is 23.6. The third kappa shape index (κ3) is 3.60. The number of likely N-dealkylation sites (N-methyl/N-ethyl adjacent to an activating group) is 2. The monoisotopic (exact) mass is 276 g/mol. The van der Waals surface area contributed by atoms with Crippen LogP contribution in [-0.2, 0) is 6.42 Å². The Morgan fingerprint density at radius 3 is 2.50 bits per heavy atom. The van der Waals surface area contributed by atoms with Gasteiger partial charge >= 0.3 is 0 Å². The minimum atomic E-state index is -0.305. The summed E-state index contributed by atoms with van der Waals surface area (Å²) in [6, 6.07) is 6.59. The Kier molecular flexibility index (Phi) is 5.19. The lowest BCUT2D eigenvalue weighted by molar-refractivity contribution is 0.0579. The summed E-state index contributed by atoms with van der Waals surface area (Å²) in [7, 11) is 4.29. The second kappa shape index (κ2) is 6.70. The summed E-state index contributed by atoms with van der Waals surface area (Å²) in [5, 5.41) is 10.7. The molecular formula is C17H28N2O. The van der Waals surface area contributed by atoms with Crippen LogP contribution in [0.1, 0.15) is 23.1 Å². The van der Waals surface area contributed by atoms with Gasteiger partial charge in [0.15, 0.2) is 0 Å². The summed E-state index contributed by atoms with van der Waals surface area (Å²) >= 11 is 0. The molecule has 2 rings (SSSR count). The van der Waals surface area contributed by atoms with Crippen LogP contribution >= 0.6 is 0 Å². The average Bonchev–Trinajstić information content (AvgIpc) is 2.56. The van der Waals surface area contributed by atoms with Crippen molar-refractivity contribution < 1.29 is 5.11 Å². The summed E-state index contributed by atoms with van der Waals surface area (Å²) in [5.74, 6) is 0. The lowest BCUT2D eigenvalue weighted by atomic mass is 9.94. The maximum atomic E-state index is 10.7. The van der Waals surface area contributed by atoms with Crippen LogP contribution in [0.15, 0.2) is 18.2 Å². The van der Waals surface area contributed by atoms with Crippen molar-refractivity contribution in [2.24, 2.45) is 0 Å². The van der Waals surface area contributed by atoms with Crippen molar-refractivity contribution in [3.05, 3.63) is 34.9 Å². The number of rotatable bonds is 3. The maximum Gasteiger partial charge on any atom is 0.0748 e. The molecule has 1 N–H and O–H groups in total. The second-order valence-electron chi connectivity index (χ2n) is 6.31. The van der Waals surface area contributed by atoms with Gasteiger partial charge in [0.25, 0.3) is 0 Å². The molecule has 1 saturated heterocycles. The number of hydrogen-bond donors (Lipinski definition) is 1. The molecular weight excluding hydrogens is 248 g/mol. The zero-order valence-corrected chi connectivity index (χ0v) is 13.3. The topological polar surface area (TPSA) is 26.7 Å². The highest BCUT2D eigenvalue weighted by atomic mass is 16.3. The number of hydrogen-bond acceptors (Lipinski definition) is 3. The zero-order chi connectivity index (χ0) is 14.7. The van der Waals surface area contributed by atoms with E-state index in [0.29, 0.717) is 0 Å². The molecule has 3 nitrogen and oxygen atoms in total. The van der Waals surface area contributed by atoms with E-state index >= 15 is 0 Å². The molecule has 1 fully saturated rings. The van der Waals surface area contributed by atoms with Crippen LogP contribution in [0.25, 0.3) is 0 Å². The number of nitrogens with zero attached hydrogens (tertiary/aromatic N) is 2. The number of aryl methyl sites for hydroxylation is 2. The first kappa shape index (κ1) is 15.5. The quantitative estimate of drug-likeness (QED) is 0.912. The van der Waals surface area contributed by atoms with Gasteiger partial charge in [-0.25, -0.2) is 0 Å². The van der Waals surface area contributed by atoms with Crippen molar-refractivity contribution in [3.8, 4) is 0 Å². The van der Waals surface area contributed by atoms with Crippen LogP contribution < -0.4 is 0 Å². The minimum Gasteiger partial charge on any atom is -0.391 e. The van der Waals surface area contributed by atoms with Gasteiger partial charge in [0, 0.05) is 19.0 Å². The maximum absolute atomic E-state index is 10.7. The van der Waals surface area contributed by atoms with E-state index in [1.165, 1.54) is 23.1 Å². The van der Waals surface area contributed by atoms with E-state index in [1.54, 1.807) is 0 Å². The predicted octanol–water partition coefficient (Wildman–Crippen LogP) is 1.84. The molecule has 0 radical (unpaired) electrons. The number of benzene rings is 1. The van der Waals surface area contributed by atoms with Gasteiger partial charge in [-0.3, -0.25) is 4.90 Å². The van der Waals surface area contributed by atoms with Gasteiger partial charge in [-0.05, 0) is 64.1 Å². The van der Waals surface area contributed by atoms with Crippen LogP contribution in [0.3, 0.4) is 0 Å². The van der Waals surface area contributed by atoms with Crippen molar-refractivity contribution in [1.82, 2.24) is 9.80 Å². The SMILES string of the molecule is Cc1cccc(C)c1CC(O)C1CN(C)CCCN1C. The van der Waals surface area contributed by atoms with Crippen molar-refractivity contribution in [2.45, 2.75) is 38.8 Å². The molecule has 1 heterocycles. The van der Waals surface area contributed by atoms with Crippen LogP contribution in [-0.4, -0.2) is 60.8 Å². The fourth-order valence-electron chi connectivity index (χ4n) is 3.24. The Hall–Kier alpha value is -0.900. The first-order valence-corrected chi connectivity index (χ1v) is 7.61. The lowest BCUT2D eigenvalue weighted by Gasteiger charge is -2.32. The third-order valence-corrected chi connectivity index (χ3v) is 4.62. The molecule has 3 heteroatoms. The number of aliphatic hydroxyl groups excluding tert-OH is 1. The molecule has 0 spiro atoms. The van der Waals surface area contributed by atoms with E-state index < -0.39 is 0 Å². The van der Waals surface area contributed by atoms with E-state index in [1.807, 2.05) is 0 Å². The Labute approximate surface area is 123 Å². The highest BCUT2D eigenvalue weighted by Gasteiger charge is 2.27. The summed E-state index contributed by atoms with van der Waals surface area (Å²) in [5.41, 5.74) is 3.88. The molecule has 1 aliphatic rings. The van der Waals surface area contributed by atoms with Crippen molar-refractivity contribution >= 4 is 0 Å². The Morgan fingerprint density at radius 2 is 1.85 bits per heavy atom. The van der Waals surface area contributed by atoms with E-state index in [9.17, 15) is 5.11 Å². The molecule has 20 heavy (non-hydrogen) atoms. The van der Waals surface area contributed by atoms with Gasteiger partial charge in [-0.15, -0.1) is 0 Å². The van der Waals surface area contributed by atoms with E-state index in [4.69, 9.17) is 0 Å². The highest BCUT2D eigenvalue weighted by molar-refractivity contribution is 5.34. The molecule has 0 aliphatic carbocycles. The Bertz CT molecular complexity index is 426. The van der Waals surface area contributed by atoms with Gasteiger partial charge in [0.2, 0.25) is 0 Å². The standard InChI is InChI=1S/C17H28N2O/c1-13-7-5-8-14(2)15(13)11-17(20)16-12-18(3)9-6-10-19(16)4/h5,7-8,16-17,20H,6,9-12H2,1-4H3. The van der Waals surface area contributed by atoms with E-state index in [-0.39, 0.29) is 12.1 Å². The largest absolute Gasteiger partial charge is 0.391 e. The molecule has 1 aliphatic heterocycles. The summed E-state index contributed by atoms with van der Waals surface area (Å²) in [6.07, 6.45) is 1.63. The fourth-order valence-corrected chi connectivity index (χ4v) is 3.24. The average molecular weight is 276 g/mol. The molecule has 2 atom stereocenters. The van der Waals surface area contributed by atoms with Gasteiger partial charge in [-0.1, -0.05) is 18.2 Å². The molecule has 0 saturated carbocycles. The Morgan fingerprint density at radius 1 is 1.20 bits per heavy atom. The van der Waals surface area contributed by atoms with Crippen molar-refractivity contribution in [3.63, 3.8) is 0 Å². The van der Waals surface area contributed by atoms with Crippen LogP contribution in [0.4, 0.5) is 0 Å². The molecule has 0 bridgehead atoms. The first-order chi connectivity index (χ1) is 9.49. The molecule has 2 unspecified atom stereocenters. The van der Waals surface area contributed by atoms with Crippen molar-refractivity contribution in [1.29, 1.82) is 0 Å². The number of aliphatic hydroxyl groups is 1. The first-order valence-electron chi connectivity index (χ1n) is 7.61. The third-order valence-electron chi connectivity index (χ3n) is 4.62. The van der Waals surface area contributed by atoms with Gasteiger partial charge in [0.05, 0.1) is 6.10 Å². The molecule has 1 aromatic carbocycles. The van der Waals surface area contributed by atoms with Gasteiger partial charge in [-0.2, -0.15) is 0 Å². The van der Waals surface area contributed by atoms with Crippen LogP contribution in [0.5, 0.6) is 0 Å². The molecule has 1 aromatic rings. The molecule has 112 valence electrons. The molecule has 0 amide bonds. The molecule has 0 aromatic heterocycles. The van der Waals surface area contributed by atoms with E-state index in [0.717, 1.165) is 26.1 Å². The fraction of sp³-hybridized carbons (Fsp3) is 0.647. The summed E-state index contributed by atoms with van der Waals surface area (Å²) in [6.45, 7) is 7.41. The highest BCUT2D eigenvalue weighted by Crippen LogP contribution is 2.19. The zero-order valence-electron chi connectivity index (χ0n) is 13.3.